The van der Waals surface area contributed by atoms with E-state index in [4.69, 9.17) is 13.8 Å². The molecule has 0 aliphatic heterocycles. The molecule has 2 aromatic rings. The predicted molar refractivity (Wildman–Crippen MR) is 114 cm³/mol. The lowest BCUT2D eigenvalue weighted by Crippen LogP contribution is -2.36. The van der Waals surface area contributed by atoms with Crippen LogP contribution < -0.4 is 5.32 Å². The largest absolute Gasteiger partial charge is 0.456 e. The molecule has 0 saturated heterocycles. The minimum atomic E-state index is -3.92. The van der Waals surface area contributed by atoms with E-state index in [1.54, 1.807) is 19.1 Å². The normalized spacial score (nSPS) is 13.0. The van der Waals surface area contributed by atoms with Crippen LogP contribution in [0.15, 0.2) is 48.5 Å². The first kappa shape index (κ1) is 22.7. The Bertz CT molecular complexity index is 953. The SMILES string of the molecule is CCOC(=O)C#CC(Nc1ccc(C)cc1)(c1ccccc1C)P(=O)(OC)OC. The highest BCUT2D eigenvalue weighted by Crippen LogP contribution is 2.64. The third-order valence-corrected chi connectivity index (χ3v) is 6.67. The van der Waals surface area contributed by atoms with E-state index in [2.05, 4.69) is 17.2 Å². The highest BCUT2D eigenvalue weighted by molar-refractivity contribution is 7.55. The molecule has 1 unspecified atom stereocenters. The summed E-state index contributed by atoms with van der Waals surface area (Å²) in [5.74, 6) is 4.56. The summed E-state index contributed by atoms with van der Waals surface area (Å²) in [4.78, 5) is 12.0. The second-order valence-corrected chi connectivity index (χ2v) is 8.75. The lowest BCUT2D eigenvalue weighted by atomic mass is 10.00. The zero-order valence-corrected chi connectivity index (χ0v) is 18.2. The zero-order valence-electron chi connectivity index (χ0n) is 17.3. The van der Waals surface area contributed by atoms with E-state index in [1.807, 2.05) is 50.2 Å². The molecule has 7 heteroatoms. The van der Waals surface area contributed by atoms with E-state index < -0.39 is 18.8 Å². The van der Waals surface area contributed by atoms with Crippen LogP contribution >= 0.6 is 7.60 Å². The van der Waals surface area contributed by atoms with Crippen molar-refractivity contribution in [3.63, 3.8) is 0 Å². The van der Waals surface area contributed by atoms with E-state index in [9.17, 15) is 9.36 Å². The van der Waals surface area contributed by atoms with Gasteiger partial charge in [0.1, 0.15) is 0 Å². The molecule has 1 atom stereocenters. The molecule has 154 valence electrons. The summed E-state index contributed by atoms with van der Waals surface area (Å²) in [7, 11) is -1.33. The van der Waals surface area contributed by atoms with Gasteiger partial charge in [-0.15, -0.1) is 0 Å². The minimum Gasteiger partial charge on any atom is -0.456 e. The average molecular weight is 415 g/mol. The molecule has 0 fully saturated rings. The molecule has 2 rings (SSSR count). The van der Waals surface area contributed by atoms with Crippen molar-refractivity contribution in [2.45, 2.75) is 26.1 Å². The van der Waals surface area contributed by atoms with Crippen LogP contribution in [-0.4, -0.2) is 26.8 Å². The standard InChI is InChI=1S/C22H26NO5P/c1-6-28-21(24)15-16-22(29(25,26-4)27-5,20-10-8-7-9-18(20)3)23-19-13-11-17(2)12-14-19/h7-14,23H,6H2,1-5H3. The number of ether oxygens (including phenoxy) is 1. The van der Waals surface area contributed by atoms with Gasteiger partial charge in [0.05, 0.1) is 6.61 Å². The fourth-order valence-corrected chi connectivity index (χ4v) is 4.63. The van der Waals surface area contributed by atoms with Gasteiger partial charge in [-0.25, -0.2) is 4.79 Å². The molecule has 0 aliphatic carbocycles. The van der Waals surface area contributed by atoms with Crippen molar-refractivity contribution >= 4 is 19.3 Å². The molecule has 1 N–H and O–H groups in total. The van der Waals surface area contributed by atoms with Gasteiger partial charge in [0.2, 0.25) is 5.28 Å². The molecule has 0 saturated carbocycles. The number of esters is 1. The van der Waals surface area contributed by atoms with Crippen molar-refractivity contribution in [1.82, 2.24) is 0 Å². The topological polar surface area (TPSA) is 73.9 Å². The van der Waals surface area contributed by atoms with E-state index >= 15 is 0 Å². The van der Waals surface area contributed by atoms with Crippen molar-refractivity contribution in [3.8, 4) is 11.8 Å². The molecule has 2 aromatic carbocycles. The van der Waals surface area contributed by atoms with Crippen molar-refractivity contribution in [3.05, 3.63) is 65.2 Å². The van der Waals surface area contributed by atoms with Gasteiger partial charge < -0.3 is 19.1 Å². The third kappa shape index (κ3) is 4.89. The van der Waals surface area contributed by atoms with Crippen LogP contribution in [0.25, 0.3) is 0 Å². The molecule has 0 bridgehead atoms. The maximum atomic E-state index is 13.8. The second kappa shape index (κ2) is 9.76. The van der Waals surface area contributed by atoms with Gasteiger partial charge >= 0.3 is 13.6 Å². The van der Waals surface area contributed by atoms with Gasteiger partial charge in [-0.3, -0.25) is 4.57 Å². The van der Waals surface area contributed by atoms with Gasteiger partial charge in [0.25, 0.3) is 0 Å². The number of benzene rings is 2. The lowest BCUT2D eigenvalue weighted by molar-refractivity contribution is -0.136. The number of hydrogen-bond donors (Lipinski definition) is 1. The molecular formula is C22H26NO5P. The van der Waals surface area contributed by atoms with Crippen LogP contribution in [0, 0.1) is 25.7 Å². The number of nitrogens with one attached hydrogen (secondary N) is 1. The Kier molecular flexibility index (Phi) is 7.64. The van der Waals surface area contributed by atoms with E-state index in [-0.39, 0.29) is 6.61 Å². The molecular weight excluding hydrogens is 389 g/mol. The van der Waals surface area contributed by atoms with Gasteiger partial charge in [-0.1, -0.05) is 42.0 Å². The second-order valence-electron chi connectivity index (χ2n) is 6.35. The number of rotatable bonds is 7. The maximum absolute atomic E-state index is 13.8. The summed E-state index contributed by atoms with van der Waals surface area (Å²) in [6.07, 6.45) is 0. The smallest absolute Gasteiger partial charge is 0.384 e. The predicted octanol–water partition coefficient (Wildman–Crippen LogP) is 4.62. The van der Waals surface area contributed by atoms with Crippen LogP contribution in [-0.2, 0) is 28.4 Å². The summed E-state index contributed by atoms with van der Waals surface area (Å²) in [5.41, 5.74) is 3.09. The molecule has 0 amide bonds. The van der Waals surface area contributed by atoms with Crippen LogP contribution in [0.1, 0.15) is 23.6 Å². The van der Waals surface area contributed by atoms with Crippen molar-refractivity contribution in [2.75, 3.05) is 26.1 Å². The molecule has 0 radical (unpaired) electrons. The molecule has 0 aliphatic rings. The number of hydrogen-bond acceptors (Lipinski definition) is 6. The molecule has 29 heavy (non-hydrogen) atoms. The summed E-state index contributed by atoms with van der Waals surface area (Å²) >= 11 is 0. The van der Waals surface area contributed by atoms with Crippen LogP contribution in [0.2, 0.25) is 0 Å². The van der Waals surface area contributed by atoms with Crippen LogP contribution in [0.4, 0.5) is 5.69 Å². The van der Waals surface area contributed by atoms with Crippen molar-refractivity contribution in [2.24, 2.45) is 0 Å². The Morgan fingerprint density at radius 3 is 2.24 bits per heavy atom. The first-order chi connectivity index (χ1) is 13.8. The Morgan fingerprint density at radius 1 is 1.07 bits per heavy atom. The first-order valence-electron chi connectivity index (χ1n) is 9.14. The third-order valence-electron chi connectivity index (χ3n) is 4.42. The first-order valence-corrected chi connectivity index (χ1v) is 10.7. The quantitative estimate of drug-likeness (QED) is 0.308. The molecule has 0 spiro atoms. The Morgan fingerprint density at radius 2 is 1.69 bits per heavy atom. The van der Waals surface area contributed by atoms with E-state index in [1.165, 1.54) is 14.2 Å². The number of aryl methyl sites for hydroxylation is 2. The summed E-state index contributed by atoms with van der Waals surface area (Å²) in [6.45, 7) is 5.70. The molecule has 6 nitrogen and oxygen atoms in total. The van der Waals surface area contributed by atoms with Gasteiger partial charge in [0.15, 0.2) is 0 Å². The van der Waals surface area contributed by atoms with Crippen molar-refractivity contribution in [1.29, 1.82) is 0 Å². The lowest BCUT2D eigenvalue weighted by Gasteiger charge is -2.36. The highest BCUT2D eigenvalue weighted by Gasteiger charge is 2.52. The molecule has 0 aromatic heterocycles. The van der Waals surface area contributed by atoms with Gasteiger partial charge in [0, 0.05) is 31.4 Å². The van der Waals surface area contributed by atoms with Gasteiger partial charge in [-0.2, -0.15) is 0 Å². The highest BCUT2D eigenvalue weighted by atomic mass is 31.2. The maximum Gasteiger partial charge on any atom is 0.384 e. The number of carbonyl (C=O) groups is 1. The zero-order chi connectivity index (χ0) is 21.5. The minimum absolute atomic E-state index is 0.183. The summed E-state index contributed by atoms with van der Waals surface area (Å²) in [5, 5.41) is 1.59. The Balaban J connectivity index is 2.80. The van der Waals surface area contributed by atoms with Gasteiger partial charge in [-0.05, 0) is 44.4 Å². The molecule has 0 heterocycles. The summed E-state index contributed by atoms with van der Waals surface area (Å²) < 4.78 is 29.5. The van der Waals surface area contributed by atoms with E-state index in [0.29, 0.717) is 11.3 Å². The Hall–Kier alpha value is -2.58. The fraction of sp³-hybridized carbons (Fsp3) is 0.318. The average Bonchev–Trinajstić information content (AvgIpc) is 2.72. The fourth-order valence-electron chi connectivity index (χ4n) is 2.93. The number of carbonyl (C=O) groups excluding carboxylic acids is 1. The monoisotopic (exact) mass is 415 g/mol. The van der Waals surface area contributed by atoms with Crippen molar-refractivity contribution < 1.29 is 23.1 Å². The Labute approximate surface area is 172 Å². The van der Waals surface area contributed by atoms with Crippen LogP contribution in [0.3, 0.4) is 0 Å². The number of anilines is 1. The summed E-state index contributed by atoms with van der Waals surface area (Å²) in [6, 6.07) is 14.8. The van der Waals surface area contributed by atoms with E-state index in [0.717, 1.165) is 11.1 Å². The van der Waals surface area contributed by atoms with Crippen LogP contribution in [0.5, 0.6) is 0 Å².